The third-order valence-corrected chi connectivity index (χ3v) is 3.75. The Morgan fingerprint density at radius 2 is 2.11 bits per heavy atom. The first-order chi connectivity index (χ1) is 8.27. The van der Waals surface area contributed by atoms with Gasteiger partial charge in [0, 0.05) is 5.54 Å². The summed E-state index contributed by atoms with van der Waals surface area (Å²) >= 11 is 0. The van der Waals surface area contributed by atoms with E-state index in [-0.39, 0.29) is 17.3 Å². The lowest BCUT2D eigenvalue weighted by Crippen LogP contribution is -2.60. The predicted octanol–water partition coefficient (Wildman–Crippen LogP) is 1.84. The zero-order chi connectivity index (χ0) is 14.0. The zero-order valence-corrected chi connectivity index (χ0v) is 11.8. The van der Waals surface area contributed by atoms with Gasteiger partial charge in [0.25, 0.3) is 0 Å². The molecule has 104 valence electrons. The van der Waals surface area contributed by atoms with Crippen LogP contribution in [0.15, 0.2) is 5.16 Å². The van der Waals surface area contributed by atoms with Crippen molar-refractivity contribution in [3.05, 3.63) is 0 Å². The van der Waals surface area contributed by atoms with E-state index in [0.717, 1.165) is 12.8 Å². The molecule has 1 saturated carbocycles. The number of carbonyl (C=O) groups is 1. The van der Waals surface area contributed by atoms with E-state index in [0.29, 0.717) is 18.8 Å². The van der Waals surface area contributed by atoms with E-state index in [4.69, 9.17) is 10.9 Å². The van der Waals surface area contributed by atoms with Crippen LogP contribution in [0.5, 0.6) is 0 Å². The molecule has 5 nitrogen and oxygen atoms in total. The molecule has 0 aromatic rings. The van der Waals surface area contributed by atoms with Crippen molar-refractivity contribution in [1.29, 1.82) is 0 Å². The van der Waals surface area contributed by atoms with Gasteiger partial charge in [-0.05, 0) is 39.0 Å². The van der Waals surface area contributed by atoms with Crippen LogP contribution in [0.4, 0.5) is 0 Å². The number of amides is 1. The number of oxime groups is 1. The van der Waals surface area contributed by atoms with E-state index in [1.165, 1.54) is 0 Å². The first-order valence-corrected chi connectivity index (χ1v) is 6.58. The fraction of sp³-hybridized carbons (Fsp3) is 0.846. The number of nitrogens with two attached hydrogens (primary N) is 1. The van der Waals surface area contributed by atoms with Crippen LogP contribution in [0.25, 0.3) is 0 Å². The molecule has 0 bridgehead atoms. The Bertz CT molecular complexity index is 344. The van der Waals surface area contributed by atoms with Gasteiger partial charge >= 0.3 is 0 Å². The van der Waals surface area contributed by atoms with Crippen LogP contribution in [-0.4, -0.2) is 22.5 Å². The van der Waals surface area contributed by atoms with Crippen LogP contribution in [0.3, 0.4) is 0 Å². The Hall–Kier alpha value is -1.26. The second kappa shape index (κ2) is 5.16. The van der Waals surface area contributed by atoms with Crippen molar-refractivity contribution >= 4 is 11.7 Å². The van der Waals surface area contributed by atoms with Crippen LogP contribution >= 0.6 is 0 Å². The highest BCUT2D eigenvalue weighted by Gasteiger charge is 2.52. The number of nitrogens with zero attached hydrogens (tertiary/aromatic N) is 1. The molecule has 0 saturated heterocycles. The molecule has 0 heterocycles. The number of carbonyl (C=O) groups excluding carboxylic acids is 1. The summed E-state index contributed by atoms with van der Waals surface area (Å²) in [6, 6.07) is 0. The Morgan fingerprint density at radius 3 is 2.50 bits per heavy atom. The highest BCUT2D eigenvalue weighted by atomic mass is 16.4. The highest BCUT2D eigenvalue weighted by Crippen LogP contribution is 2.46. The minimum Gasteiger partial charge on any atom is -0.409 e. The molecule has 0 aromatic carbocycles. The molecule has 0 atom stereocenters. The van der Waals surface area contributed by atoms with Gasteiger partial charge in [0.05, 0.1) is 0 Å². The van der Waals surface area contributed by atoms with Gasteiger partial charge in [-0.25, -0.2) is 0 Å². The molecule has 0 unspecified atom stereocenters. The van der Waals surface area contributed by atoms with Gasteiger partial charge in [-0.3, -0.25) is 4.79 Å². The summed E-state index contributed by atoms with van der Waals surface area (Å²) in [5.41, 5.74) is 4.65. The molecule has 0 spiro atoms. The van der Waals surface area contributed by atoms with Gasteiger partial charge in [-0.2, -0.15) is 0 Å². The van der Waals surface area contributed by atoms with Crippen molar-refractivity contribution in [1.82, 2.24) is 5.32 Å². The maximum atomic E-state index is 12.4. The van der Waals surface area contributed by atoms with E-state index < -0.39 is 5.41 Å². The standard InChI is InChI=1S/C13H25N3O2/c1-5-6-12(3,4)15-11(17)13(10(14)16-18)7-9(2)8-13/h9,18H,5-8H2,1-4H3,(H2,14,16)(H,15,17). The van der Waals surface area contributed by atoms with Gasteiger partial charge in [0.1, 0.15) is 5.41 Å². The molecule has 1 fully saturated rings. The molecule has 5 heteroatoms. The maximum Gasteiger partial charge on any atom is 0.234 e. The average Bonchev–Trinajstić information content (AvgIpc) is 2.22. The van der Waals surface area contributed by atoms with Gasteiger partial charge < -0.3 is 16.3 Å². The summed E-state index contributed by atoms with van der Waals surface area (Å²) in [6.07, 6.45) is 3.20. The Balaban J connectivity index is 2.80. The normalized spacial score (nSPS) is 28.7. The van der Waals surface area contributed by atoms with Crippen molar-refractivity contribution in [3.8, 4) is 0 Å². The topological polar surface area (TPSA) is 87.7 Å². The van der Waals surface area contributed by atoms with Crippen molar-refractivity contribution in [2.45, 2.75) is 58.9 Å². The molecule has 1 rings (SSSR count). The summed E-state index contributed by atoms with van der Waals surface area (Å²) in [7, 11) is 0. The molecule has 4 N–H and O–H groups in total. The fourth-order valence-corrected chi connectivity index (χ4v) is 2.85. The lowest BCUT2D eigenvalue weighted by atomic mass is 9.61. The molecule has 0 aliphatic heterocycles. The summed E-state index contributed by atoms with van der Waals surface area (Å²) in [5.74, 6) is 0.352. The Kier molecular flexibility index (Phi) is 4.24. The number of rotatable bonds is 5. The van der Waals surface area contributed by atoms with Crippen LogP contribution < -0.4 is 11.1 Å². The second-order valence-corrected chi connectivity index (χ2v) is 6.17. The number of nitrogens with one attached hydrogen (secondary N) is 1. The Labute approximate surface area is 109 Å². The SMILES string of the molecule is CCCC(C)(C)NC(=O)C1(C(N)=NO)CC(C)C1. The van der Waals surface area contributed by atoms with Gasteiger partial charge in [-0.1, -0.05) is 25.4 Å². The number of hydrogen-bond acceptors (Lipinski definition) is 3. The van der Waals surface area contributed by atoms with Gasteiger partial charge in [0.2, 0.25) is 5.91 Å². The molecule has 0 aromatic heterocycles. The number of amidine groups is 1. The highest BCUT2D eigenvalue weighted by molar-refractivity contribution is 6.07. The van der Waals surface area contributed by atoms with E-state index in [1.54, 1.807) is 0 Å². The third kappa shape index (κ3) is 2.76. The maximum absolute atomic E-state index is 12.4. The van der Waals surface area contributed by atoms with Crippen LogP contribution in [0.2, 0.25) is 0 Å². The minimum absolute atomic E-state index is 0.0328. The van der Waals surface area contributed by atoms with Crippen LogP contribution in [-0.2, 0) is 4.79 Å². The first kappa shape index (κ1) is 14.8. The zero-order valence-electron chi connectivity index (χ0n) is 11.8. The van der Waals surface area contributed by atoms with Crippen LogP contribution in [0, 0.1) is 11.3 Å². The molecular formula is C13H25N3O2. The van der Waals surface area contributed by atoms with E-state index in [9.17, 15) is 4.79 Å². The van der Waals surface area contributed by atoms with Gasteiger partial charge in [-0.15, -0.1) is 0 Å². The molecule has 0 radical (unpaired) electrons. The predicted molar refractivity (Wildman–Crippen MR) is 71.4 cm³/mol. The molecule has 1 aliphatic carbocycles. The average molecular weight is 255 g/mol. The van der Waals surface area contributed by atoms with Crippen molar-refractivity contribution < 1.29 is 10.0 Å². The minimum atomic E-state index is -0.806. The number of hydrogen-bond donors (Lipinski definition) is 3. The molecule has 18 heavy (non-hydrogen) atoms. The lowest BCUT2D eigenvalue weighted by molar-refractivity contribution is -0.135. The Morgan fingerprint density at radius 1 is 1.56 bits per heavy atom. The molecular weight excluding hydrogens is 230 g/mol. The van der Waals surface area contributed by atoms with Crippen molar-refractivity contribution in [2.24, 2.45) is 22.2 Å². The van der Waals surface area contributed by atoms with E-state index in [2.05, 4.69) is 24.3 Å². The van der Waals surface area contributed by atoms with Gasteiger partial charge in [0.15, 0.2) is 5.84 Å². The summed E-state index contributed by atoms with van der Waals surface area (Å²) in [5, 5.41) is 14.9. The molecule has 1 aliphatic rings. The monoisotopic (exact) mass is 255 g/mol. The summed E-state index contributed by atoms with van der Waals surface area (Å²) < 4.78 is 0. The third-order valence-electron chi connectivity index (χ3n) is 3.75. The smallest absolute Gasteiger partial charge is 0.234 e. The van der Waals surface area contributed by atoms with Crippen molar-refractivity contribution in [2.75, 3.05) is 0 Å². The largest absolute Gasteiger partial charge is 0.409 e. The first-order valence-electron chi connectivity index (χ1n) is 6.58. The lowest BCUT2D eigenvalue weighted by Gasteiger charge is -2.45. The fourth-order valence-electron chi connectivity index (χ4n) is 2.85. The van der Waals surface area contributed by atoms with Crippen LogP contribution in [0.1, 0.15) is 53.4 Å². The van der Waals surface area contributed by atoms with Crippen molar-refractivity contribution in [3.63, 3.8) is 0 Å². The summed E-state index contributed by atoms with van der Waals surface area (Å²) in [4.78, 5) is 12.4. The quantitative estimate of drug-likeness (QED) is 0.303. The molecule has 1 amide bonds. The summed E-state index contributed by atoms with van der Waals surface area (Å²) in [6.45, 7) is 8.14. The van der Waals surface area contributed by atoms with E-state index >= 15 is 0 Å². The van der Waals surface area contributed by atoms with E-state index in [1.807, 2.05) is 13.8 Å². The second-order valence-electron chi connectivity index (χ2n) is 6.17.